The lowest BCUT2D eigenvalue weighted by Gasteiger charge is -2.08. The Labute approximate surface area is 121 Å². The topological polar surface area (TPSA) is 48.5 Å². The van der Waals surface area contributed by atoms with Crippen LogP contribution in [0.5, 0.6) is 0 Å². The zero-order chi connectivity index (χ0) is 14.6. The van der Waals surface area contributed by atoms with E-state index in [1.807, 2.05) is 24.5 Å². The molecule has 1 aliphatic rings. The first-order valence-corrected chi connectivity index (χ1v) is 6.95. The molecule has 0 saturated heterocycles. The van der Waals surface area contributed by atoms with Gasteiger partial charge in [-0.15, -0.1) is 0 Å². The summed E-state index contributed by atoms with van der Waals surface area (Å²) in [7, 11) is 0. The number of aryl methyl sites for hydroxylation is 2. The molecule has 0 saturated carbocycles. The van der Waals surface area contributed by atoms with Crippen LogP contribution in [0.4, 0.5) is 4.39 Å². The molecule has 0 radical (unpaired) electrons. The van der Waals surface area contributed by atoms with E-state index in [-0.39, 0.29) is 5.82 Å². The summed E-state index contributed by atoms with van der Waals surface area (Å²) in [5, 5.41) is 4.49. The standard InChI is InChI=1S/C15H14FN5/c1-3-13-18-15-14-10(16)5-4-6-11(14)20-8-17-9(2)12(20)7-21(15)19-13/h4-6,8H,3,7H2,1-2H3. The Balaban J connectivity index is 2.11. The van der Waals surface area contributed by atoms with E-state index in [4.69, 9.17) is 0 Å². The number of hydrogen-bond acceptors (Lipinski definition) is 3. The summed E-state index contributed by atoms with van der Waals surface area (Å²) in [6, 6.07) is 5.05. The molecule has 0 amide bonds. The van der Waals surface area contributed by atoms with Crippen molar-refractivity contribution in [3.8, 4) is 17.1 Å². The van der Waals surface area contributed by atoms with E-state index in [9.17, 15) is 4.39 Å². The van der Waals surface area contributed by atoms with Gasteiger partial charge in [-0.3, -0.25) is 0 Å². The van der Waals surface area contributed by atoms with Crippen LogP contribution in [0.15, 0.2) is 24.5 Å². The average Bonchev–Trinajstić information content (AvgIpc) is 3.01. The minimum atomic E-state index is -0.289. The third-order valence-electron chi connectivity index (χ3n) is 3.88. The maximum absolute atomic E-state index is 14.4. The van der Waals surface area contributed by atoms with Crippen LogP contribution < -0.4 is 0 Å². The summed E-state index contributed by atoms with van der Waals surface area (Å²) in [5.41, 5.74) is 3.18. The third-order valence-corrected chi connectivity index (χ3v) is 3.88. The molecule has 1 aromatic carbocycles. The summed E-state index contributed by atoms with van der Waals surface area (Å²) in [6.45, 7) is 4.49. The Morgan fingerprint density at radius 2 is 2.19 bits per heavy atom. The van der Waals surface area contributed by atoms with Crippen molar-refractivity contribution >= 4 is 0 Å². The van der Waals surface area contributed by atoms with E-state index in [2.05, 4.69) is 15.1 Å². The molecule has 0 bridgehead atoms. The first-order valence-electron chi connectivity index (χ1n) is 6.95. The molecule has 6 heteroatoms. The molecule has 0 spiro atoms. The monoisotopic (exact) mass is 283 g/mol. The smallest absolute Gasteiger partial charge is 0.163 e. The van der Waals surface area contributed by atoms with E-state index in [1.165, 1.54) is 6.07 Å². The number of fused-ring (bicyclic) bond motifs is 5. The minimum absolute atomic E-state index is 0.289. The van der Waals surface area contributed by atoms with Gasteiger partial charge in [0.05, 0.1) is 35.5 Å². The van der Waals surface area contributed by atoms with Crippen molar-refractivity contribution in [1.82, 2.24) is 24.3 Å². The number of rotatable bonds is 1. The van der Waals surface area contributed by atoms with Gasteiger partial charge < -0.3 is 4.57 Å². The van der Waals surface area contributed by atoms with Gasteiger partial charge in [0.25, 0.3) is 0 Å². The fraction of sp³-hybridized carbons (Fsp3) is 0.267. The molecule has 0 aliphatic carbocycles. The predicted octanol–water partition coefficient (Wildman–Crippen LogP) is 2.50. The van der Waals surface area contributed by atoms with E-state index in [0.29, 0.717) is 17.9 Å². The number of nitrogens with zero attached hydrogens (tertiary/aromatic N) is 5. The lowest BCUT2D eigenvalue weighted by molar-refractivity contribution is 0.625. The highest BCUT2D eigenvalue weighted by molar-refractivity contribution is 5.70. The van der Waals surface area contributed by atoms with E-state index >= 15 is 0 Å². The Morgan fingerprint density at radius 3 is 3.00 bits per heavy atom. The minimum Gasteiger partial charge on any atom is -0.300 e. The summed E-state index contributed by atoms with van der Waals surface area (Å²) in [6.07, 6.45) is 2.46. The highest BCUT2D eigenvalue weighted by Gasteiger charge is 2.25. The third kappa shape index (κ3) is 1.65. The van der Waals surface area contributed by atoms with Crippen molar-refractivity contribution in [3.05, 3.63) is 47.6 Å². The largest absolute Gasteiger partial charge is 0.300 e. The SMILES string of the molecule is CCc1nc2n(n1)Cc1c(C)ncn1-c1cccc(F)c1-2. The van der Waals surface area contributed by atoms with Crippen LogP contribution in [0, 0.1) is 12.7 Å². The van der Waals surface area contributed by atoms with E-state index in [0.717, 1.165) is 29.3 Å². The summed E-state index contributed by atoms with van der Waals surface area (Å²) >= 11 is 0. The van der Waals surface area contributed by atoms with Gasteiger partial charge in [-0.25, -0.2) is 19.0 Å². The lowest BCUT2D eigenvalue weighted by atomic mass is 10.1. The van der Waals surface area contributed by atoms with Crippen LogP contribution in [0.25, 0.3) is 17.1 Å². The number of halogens is 1. The fourth-order valence-corrected chi connectivity index (χ4v) is 2.77. The number of benzene rings is 1. The normalized spacial score (nSPS) is 12.5. The molecule has 0 unspecified atom stereocenters. The van der Waals surface area contributed by atoms with Gasteiger partial charge in [-0.1, -0.05) is 13.0 Å². The molecule has 5 nitrogen and oxygen atoms in total. The lowest BCUT2D eigenvalue weighted by Crippen LogP contribution is -2.06. The van der Waals surface area contributed by atoms with Crippen molar-refractivity contribution in [2.45, 2.75) is 26.8 Å². The molecule has 1 aliphatic heterocycles. The number of hydrogen-bond donors (Lipinski definition) is 0. The van der Waals surface area contributed by atoms with Crippen LogP contribution in [0.2, 0.25) is 0 Å². The second-order valence-corrected chi connectivity index (χ2v) is 5.14. The molecule has 2 aromatic heterocycles. The quantitative estimate of drug-likeness (QED) is 0.539. The summed E-state index contributed by atoms with van der Waals surface area (Å²) in [4.78, 5) is 8.85. The molecule has 3 aromatic rings. The second-order valence-electron chi connectivity index (χ2n) is 5.14. The summed E-state index contributed by atoms with van der Waals surface area (Å²) < 4.78 is 18.1. The predicted molar refractivity (Wildman–Crippen MR) is 75.8 cm³/mol. The van der Waals surface area contributed by atoms with E-state index in [1.54, 1.807) is 17.1 Å². The van der Waals surface area contributed by atoms with Crippen molar-refractivity contribution in [2.75, 3.05) is 0 Å². The molecule has 0 N–H and O–H groups in total. The second kappa shape index (κ2) is 4.25. The zero-order valence-electron chi connectivity index (χ0n) is 11.8. The molecule has 4 rings (SSSR count). The van der Waals surface area contributed by atoms with Crippen molar-refractivity contribution < 1.29 is 4.39 Å². The molecule has 3 heterocycles. The van der Waals surface area contributed by atoms with Crippen molar-refractivity contribution in [2.24, 2.45) is 0 Å². The first kappa shape index (κ1) is 12.3. The van der Waals surface area contributed by atoms with Crippen LogP contribution in [0.1, 0.15) is 24.1 Å². The molecule has 106 valence electrons. The van der Waals surface area contributed by atoms with Crippen LogP contribution in [0.3, 0.4) is 0 Å². The van der Waals surface area contributed by atoms with Gasteiger partial charge >= 0.3 is 0 Å². The number of imidazole rings is 1. The highest BCUT2D eigenvalue weighted by Crippen LogP contribution is 2.33. The van der Waals surface area contributed by atoms with Crippen LogP contribution >= 0.6 is 0 Å². The number of aromatic nitrogens is 5. The maximum Gasteiger partial charge on any atom is 0.163 e. The van der Waals surface area contributed by atoms with E-state index < -0.39 is 0 Å². The van der Waals surface area contributed by atoms with Gasteiger partial charge in [-0.2, -0.15) is 5.10 Å². The van der Waals surface area contributed by atoms with Gasteiger partial charge in [0.2, 0.25) is 0 Å². The Bertz CT molecular complexity index is 846. The fourth-order valence-electron chi connectivity index (χ4n) is 2.77. The van der Waals surface area contributed by atoms with Crippen LogP contribution in [-0.2, 0) is 13.0 Å². The Morgan fingerprint density at radius 1 is 1.33 bits per heavy atom. The molecule has 0 atom stereocenters. The van der Waals surface area contributed by atoms with Gasteiger partial charge in [0.1, 0.15) is 5.82 Å². The first-order chi connectivity index (χ1) is 10.2. The molecule has 21 heavy (non-hydrogen) atoms. The maximum atomic E-state index is 14.4. The molecular weight excluding hydrogens is 269 g/mol. The van der Waals surface area contributed by atoms with Crippen molar-refractivity contribution in [3.63, 3.8) is 0 Å². The highest BCUT2D eigenvalue weighted by atomic mass is 19.1. The van der Waals surface area contributed by atoms with Crippen LogP contribution in [-0.4, -0.2) is 24.3 Å². The van der Waals surface area contributed by atoms with Crippen molar-refractivity contribution in [1.29, 1.82) is 0 Å². The zero-order valence-corrected chi connectivity index (χ0v) is 11.8. The average molecular weight is 283 g/mol. The molecular formula is C15H14FN5. The Hall–Kier alpha value is -2.50. The molecule has 0 fully saturated rings. The van der Waals surface area contributed by atoms with Gasteiger partial charge in [-0.05, 0) is 19.1 Å². The Kier molecular flexibility index (Phi) is 2.48. The summed E-state index contributed by atoms with van der Waals surface area (Å²) in [5.74, 6) is 1.02. The van der Waals surface area contributed by atoms with Gasteiger partial charge in [0, 0.05) is 6.42 Å². The van der Waals surface area contributed by atoms with Gasteiger partial charge in [0.15, 0.2) is 11.6 Å².